The Balaban J connectivity index is 1.90. The van der Waals surface area contributed by atoms with Crippen LogP contribution < -0.4 is 20.1 Å². The molecule has 0 radical (unpaired) electrons. The SMILES string of the molecule is CCCCOc1ccc(C(=O)NC(=S)Nc2cccc(OCCC(C)C)c2)cc1Br. The van der Waals surface area contributed by atoms with Gasteiger partial charge in [0.05, 0.1) is 17.7 Å². The second kappa shape index (κ2) is 12.5. The number of carbonyl (C=O) groups is 1. The van der Waals surface area contributed by atoms with E-state index in [2.05, 4.69) is 47.3 Å². The molecule has 2 aromatic rings. The van der Waals surface area contributed by atoms with Crippen LogP contribution in [0.2, 0.25) is 0 Å². The van der Waals surface area contributed by atoms with Gasteiger partial charge in [-0.3, -0.25) is 10.1 Å². The molecule has 0 fully saturated rings. The van der Waals surface area contributed by atoms with Gasteiger partial charge < -0.3 is 14.8 Å². The summed E-state index contributed by atoms with van der Waals surface area (Å²) in [6, 6.07) is 12.7. The number of nitrogens with one attached hydrogen (secondary N) is 2. The first kappa shape index (κ1) is 24.2. The second-order valence-electron chi connectivity index (χ2n) is 7.31. The Bertz CT molecular complexity index is 858. The summed E-state index contributed by atoms with van der Waals surface area (Å²) in [6.07, 6.45) is 3.04. The minimum Gasteiger partial charge on any atom is -0.494 e. The van der Waals surface area contributed by atoms with Crippen molar-refractivity contribution in [3.63, 3.8) is 0 Å². The van der Waals surface area contributed by atoms with E-state index in [0.29, 0.717) is 24.7 Å². The third kappa shape index (κ3) is 8.32. The highest BCUT2D eigenvalue weighted by Crippen LogP contribution is 2.26. The summed E-state index contributed by atoms with van der Waals surface area (Å²) in [7, 11) is 0. The van der Waals surface area contributed by atoms with Crippen molar-refractivity contribution < 1.29 is 14.3 Å². The van der Waals surface area contributed by atoms with E-state index in [1.165, 1.54) is 0 Å². The number of unbranched alkanes of at least 4 members (excludes halogenated alkanes) is 1. The maximum atomic E-state index is 12.5. The molecule has 2 rings (SSSR count). The first-order chi connectivity index (χ1) is 14.4. The molecule has 2 aromatic carbocycles. The quantitative estimate of drug-likeness (QED) is 0.306. The standard InChI is InChI=1S/C23H29BrN2O3S/c1-4-5-12-29-21-10-9-17(14-20(21)24)22(27)26-23(30)25-18-7-6-8-19(15-18)28-13-11-16(2)3/h6-10,14-16H,4-5,11-13H2,1-3H3,(H2,25,26,27,30). The fourth-order valence-electron chi connectivity index (χ4n) is 2.50. The van der Waals surface area contributed by atoms with Gasteiger partial charge in [-0.25, -0.2) is 0 Å². The van der Waals surface area contributed by atoms with E-state index in [9.17, 15) is 4.79 Å². The Labute approximate surface area is 192 Å². The third-order valence-corrected chi connectivity index (χ3v) is 5.06. The van der Waals surface area contributed by atoms with Crippen LogP contribution in [0.3, 0.4) is 0 Å². The lowest BCUT2D eigenvalue weighted by molar-refractivity contribution is 0.0977. The molecule has 0 aromatic heterocycles. The van der Waals surface area contributed by atoms with Crippen molar-refractivity contribution >= 4 is 44.9 Å². The Hall–Kier alpha value is -2.12. The summed E-state index contributed by atoms with van der Waals surface area (Å²) in [4.78, 5) is 12.5. The van der Waals surface area contributed by atoms with Gasteiger partial charge in [-0.1, -0.05) is 33.3 Å². The minimum atomic E-state index is -0.294. The van der Waals surface area contributed by atoms with Gasteiger partial charge in [-0.05, 0) is 77.2 Å². The van der Waals surface area contributed by atoms with Gasteiger partial charge in [0.1, 0.15) is 11.5 Å². The normalized spacial score (nSPS) is 10.6. The van der Waals surface area contributed by atoms with Crippen LogP contribution in [0.1, 0.15) is 50.4 Å². The van der Waals surface area contributed by atoms with Gasteiger partial charge in [0.2, 0.25) is 0 Å². The molecule has 5 nitrogen and oxygen atoms in total. The molecule has 2 N–H and O–H groups in total. The molecule has 0 atom stereocenters. The number of rotatable bonds is 10. The summed E-state index contributed by atoms with van der Waals surface area (Å²) in [5.41, 5.74) is 1.24. The number of hydrogen-bond acceptors (Lipinski definition) is 4. The molecule has 162 valence electrons. The van der Waals surface area contributed by atoms with Crippen LogP contribution in [-0.4, -0.2) is 24.2 Å². The van der Waals surface area contributed by atoms with E-state index in [4.69, 9.17) is 21.7 Å². The van der Waals surface area contributed by atoms with Crippen molar-refractivity contribution in [3.05, 3.63) is 52.5 Å². The molecule has 0 unspecified atom stereocenters. The Morgan fingerprint density at radius 1 is 1.13 bits per heavy atom. The van der Waals surface area contributed by atoms with Crippen LogP contribution in [0, 0.1) is 5.92 Å². The fourth-order valence-corrected chi connectivity index (χ4v) is 3.20. The number of halogens is 1. The molecule has 30 heavy (non-hydrogen) atoms. The molecule has 0 bridgehead atoms. The molecule has 0 aliphatic heterocycles. The zero-order valence-corrected chi connectivity index (χ0v) is 20.1. The summed E-state index contributed by atoms with van der Waals surface area (Å²) in [5, 5.41) is 5.95. The van der Waals surface area contributed by atoms with Gasteiger partial charge in [0.25, 0.3) is 5.91 Å². The zero-order valence-electron chi connectivity index (χ0n) is 17.7. The Morgan fingerprint density at radius 2 is 1.93 bits per heavy atom. The van der Waals surface area contributed by atoms with Crippen LogP contribution in [0.15, 0.2) is 46.9 Å². The monoisotopic (exact) mass is 492 g/mol. The summed E-state index contributed by atoms with van der Waals surface area (Å²) < 4.78 is 12.2. The highest BCUT2D eigenvalue weighted by molar-refractivity contribution is 9.10. The number of ether oxygens (including phenoxy) is 2. The van der Waals surface area contributed by atoms with Crippen LogP contribution >= 0.6 is 28.1 Å². The van der Waals surface area contributed by atoms with Gasteiger partial charge in [-0.2, -0.15) is 0 Å². The van der Waals surface area contributed by atoms with E-state index in [1.54, 1.807) is 18.2 Å². The Morgan fingerprint density at radius 3 is 2.63 bits per heavy atom. The topological polar surface area (TPSA) is 59.6 Å². The average Bonchev–Trinajstić information content (AvgIpc) is 2.69. The number of hydrogen-bond donors (Lipinski definition) is 2. The van der Waals surface area contributed by atoms with Gasteiger partial charge in [0, 0.05) is 17.3 Å². The van der Waals surface area contributed by atoms with Crippen LogP contribution in [0.25, 0.3) is 0 Å². The van der Waals surface area contributed by atoms with E-state index >= 15 is 0 Å². The minimum absolute atomic E-state index is 0.221. The van der Waals surface area contributed by atoms with Gasteiger partial charge in [-0.15, -0.1) is 0 Å². The van der Waals surface area contributed by atoms with E-state index < -0.39 is 0 Å². The average molecular weight is 493 g/mol. The smallest absolute Gasteiger partial charge is 0.257 e. The van der Waals surface area contributed by atoms with E-state index in [0.717, 1.165) is 40.9 Å². The molecular formula is C23H29BrN2O3S. The molecule has 0 spiro atoms. The Kier molecular flexibility index (Phi) is 10.1. The lowest BCUT2D eigenvalue weighted by atomic mass is 10.1. The first-order valence-corrected chi connectivity index (χ1v) is 11.4. The van der Waals surface area contributed by atoms with Crippen LogP contribution in [-0.2, 0) is 0 Å². The molecule has 0 aliphatic rings. The van der Waals surface area contributed by atoms with Crippen molar-refractivity contribution in [1.82, 2.24) is 5.32 Å². The third-order valence-electron chi connectivity index (χ3n) is 4.23. The largest absolute Gasteiger partial charge is 0.494 e. The molecule has 0 heterocycles. The van der Waals surface area contributed by atoms with Gasteiger partial charge >= 0.3 is 0 Å². The number of thiocarbonyl (C=S) groups is 1. The highest BCUT2D eigenvalue weighted by Gasteiger charge is 2.11. The predicted octanol–water partition coefficient (Wildman–Crippen LogP) is 6.18. The summed E-state index contributed by atoms with van der Waals surface area (Å²) in [5.74, 6) is 1.77. The number of benzene rings is 2. The molecule has 0 saturated carbocycles. The van der Waals surface area contributed by atoms with E-state index in [-0.39, 0.29) is 11.0 Å². The lowest BCUT2D eigenvalue weighted by Crippen LogP contribution is -2.34. The fraction of sp³-hybridized carbons (Fsp3) is 0.391. The van der Waals surface area contributed by atoms with Crippen molar-refractivity contribution in [1.29, 1.82) is 0 Å². The van der Waals surface area contributed by atoms with Gasteiger partial charge in [0.15, 0.2) is 5.11 Å². The lowest BCUT2D eigenvalue weighted by Gasteiger charge is -2.13. The van der Waals surface area contributed by atoms with Crippen LogP contribution in [0.4, 0.5) is 5.69 Å². The van der Waals surface area contributed by atoms with Crippen molar-refractivity contribution in [2.24, 2.45) is 5.92 Å². The van der Waals surface area contributed by atoms with Crippen molar-refractivity contribution in [3.8, 4) is 11.5 Å². The number of anilines is 1. The van der Waals surface area contributed by atoms with E-state index in [1.807, 2.05) is 24.3 Å². The summed E-state index contributed by atoms with van der Waals surface area (Å²) >= 11 is 8.74. The number of amides is 1. The molecule has 0 aliphatic carbocycles. The second-order valence-corrected chi connectivity index (χ2v) is 8.58. The maximum Gasteiger partial charge on any atom is 0.257 e. The predicted molar refractivity (Wildman–Crippen MR) is 130 cm³/mol. The van der Waals surface area contributed by atoms with Crippen molar-refractivity contribution in [2.75, 3.05) is 18.5 Å². The molecule has 1 amide bonds. The highest BCUT2D eigenvalue weighted by atomic mass is 79.9. The molecule has 0 saturated heterocycles. The zero-order chi connectivity index (χ0) is 21.9. The molecule has 7 heteroatoms. The van der Waals surface area contributed by atoms with Crippen LogP contribution in [0.5, 0.6) is 11.5 Å². The summed E-state index contributed by atoms with van der Waals surface area (Å²) in [6.45, 7) is 7.74. The number of carbonyl (C=O) groups excluding carboxylic acids is 1. The molecular weight excluding hydrogens is 464 g/mol. The maximum absolute atomic E-state index is 12.5. The van der Waals surface area contributed by atoms with Crippen molar-refractivity contribution in [2.45, 2.75) is 40.0 Å². The first-order valence-electron chi connectivity index (χ1n) is 10.2.